The molecule has 3 aromatic carbocycles. The van der Waals surface area contributed by atoms with E-state index in [-0.39, 0.29) is 5.91 Å². The normalized spacial score (nSPS) is 15.7. The van der Waals surface area contributed by atoms with Crippen LogP contribution in [0.4, 0.5) is 11.4 Å². The van der Waals surface area contributed by atoms with Crippen LogP contribution in [0.2, 0.25) is 0 Å². The maximum atomic E-state index is 13.7. The molecule has 4 aromatic rings. The number of halogens is 1. The molecule has 5 rings (SSSR count). The standard InChI is InChI=1S/C28H28BrN3O/c1-19-13-16-32(27-7-3-2-6-26(27)31-19)28(33)23-8-10-24(20(18-23)5-4-14-29)21-9-11-25-22(17-21)12-15-30-25/h2-3,6-12,15,17-19,30-31H,4-5,13-14,16H2,1H3. The van der Waals surface area contributed by atoms with Crippen LogP contribution < -0.4 is 10.2 Å². The zero-order valence-electron chi connectivity index (χ0n) is 18.8. The molecule has 168 valence electrons. The summed E-state index contributed by atoms with van der Waals surface area (Å²) in [6, 6.07) is 23.2. The van der Waals surface area contributed by atoms with E-state index >= 15 is 0 Å². The number of aromatic amines is 1. The van der Waals surface area contributed by atoms with Gasteiger partial charge in [-0.2, -0.15) is 0 Å². The van der Waals surface area contributed by atoms with Gasteiger partial charge in [0.1, 0.15) is 0 Å². The van der Waals surface area contributed by atoms with Crippen molar-refractivity contribution >= 4 is 44.1 Å². The number of carbonyl (C=O) groups is 1. The number of H-pyrrole nitrogens is 1. The maximum Gasteiger partial charge on any atom is 0.258 e. The first kappa shape index (κ1) is 21.8. The molecule has 1 aromatic heterocycles. The average Bonchev–Trinajstić information content (AvgIpc) is 3.24. The summed E-state index contributed by atoms with van der Waals surface area (Å²) in [6.45, 7) is 2.87. The minimum atomic E-state index is 0.0612. The molecule has 1 aliphatic rings. The van der Waals surface area contributed by atoms with Crippen LogP contribution >= 0.6 is 15.9 Å². The number of aryl methyl sites for hydroxylation is 1. The lowest BCUT2D eigenvalue weighted by atomic mass is 9.94. The van der Waals surface area contributed by atoms with Gasteiger partial charge in [0.15, 0.2) is 0 Å². The third kappa shape index (κ3) is 4.42. The third-order valence-electron chi connectivity index (χ3n) is 6.42. The monoisotopic (exact) mass is 501 g/mol. The number of amides is 1. The predicted octanol–water partition coefficient (Wildman–Crippen LogP) is 7.01. The number of carbonyl (C=O) groups excluding carboxylic acids is 1. The van der Waals surface area contributed by atoms with Crippen molar-refractivity contribution < 1.29 is 4.79 Å². The van der Waals surface area contributed by atoms with E-state index in [4.69, 9.17) is 0 Å². The van der Waals surface area contributed by atoms with Crippen LogP contribution in [0.15, 0.2) is 72.9 Å². The van der Waals surface area contributed by atoms with Gasteiger partial charge in [0, 0.05) is 35.2 Å². The number of hydrogen-bond donors (Lipinski definition) is 2. The van der Waals surface area contributed by atoms with Crippen molar-refractivity contribution in [1.82, 2.24) is 4.98 Å². The van der Waals surface area contributed by atoms with Crippen LogP contribution in [0.25, 0.3) is 22.0 Å². The summed E-state index contributed by atoms with van der Waals surface area (Å²) < 4.78 is 0. The van der Waals surface area contributed by atoms with Crippen LogP contribution in [0, 0.1) is 0 Å². The second-order valence-electron chi connectivity index (χ2n) is 8.75. The lowest BCUT2D eigenvalue weighted by Gasteiger charge is -2.23. The Morgan fingerprint density at radius 3 is 2.85 bits per heavy atom. The molecule has 33 heavy (non-hydrogen) atoms. The van der Waals surface area contributed by atoms with Gasteiger partial charge in [0.2, 0.25) is 0 Å². The number of para-hydroxylation sites is 2. The first-order valence-electron chi connectivity index (χ1n) is 11.6. The van der Waals surface area contributed by atoms with Gasteiger partial charge >= 0.3 is 0 Å². The van der Waals surface area contributed by atoms with Crippen molar-refractivity contribution in [2.24, 2.45) is 0 Å². The minimum Gasteiger partial charge on any atom is -0.381 e. The largest absolute Gasteiger partial charge is 0.381 e. The number of fused-ring (bicyclic) bond motifs is 2. The van der Waals surface area contributed by atoms with E-state index in [2.05, 4.69) is 75.6 Å². The molecular weight excluding hydrogens is 474 g/mol. The lowest BCUT2D eigenvalue weighted by Crippen LogP contribution is -2.32. The molecule has 1 aliphatic heterocycles. The van der Waals surface area contributed by atoms with Gasteiger partial charge in [-0.15, -0.1) is 0 Å². The van der Waals surface area contributed by atoms with E-state index in [0.29, 0.717) is 12.6 Å². The Morgan fingerprint density at radius 1 is 1.09 bits per heavy atom. The fourth-order valence-corrected chi connectivity index (χ4v) is 4.95. The molecule has 0 bridgehead atoms. The molecular formula is C28H28BrN3O. The number of aromatic nitrogens is 1. The summed E-state index contributed by atoms with van der Waals surface area (Å²) in [4.78, 5) is 18.9. The van der Waals surface area contributed by atoms with Crippen LogP contribution in [-0.4, -0.2) is 28.8 Å². The molecule has 2 heterocycles. The van der Waals surface area contributed by atoms with Crippen LogP contribution in [-0.2, 0) is 6.42 Å². The zero-order chi connectivity index (χ0) is 22.8. The Balaban J connectivity index is 1.53. The van der Waals surface area contributed by atoms with E-state index in [1.165, 1.54) is 22.1 Å². The van der Waals surface area contributed by atoms with Gasteiger partial charge < -0.3 is 15.2 Å². The maximum absolute atomic E-state index is 13.7. The number of nitrogens with one attached hydrogen (secondary N) is 2. The van der Waals surface area contributed by atoms with E-state index in [1.807, 2.05) is 35.4 Å². The van der Waals surface area contributed by atoms with E-state index in [1.54, 1.807) is 0 Å². The van der Waals surface area contributed by atoms with Crippen molar-refractivity contribution in [2.75, 3.05) is 22.1 Å². The molecule has 1 amide bonds. The Morgan fingerprint density at radius 2 is 1.97 bits per heavy atom. The smallest absolute Gasteiger partial charge is 0.258 e. The number of alkyl halides is 1. The lowest BCUT2D eigenvalue weighted by molar-refractivity contribution is 0.0987. The second kappa shape index (κ2) is 9.44. The van der Waals surface area contributed by atoms with Crippen molar-refractivity contribution in [2.45, 2.75) is 32.2 Å². The summed E-state index contributed by atoms with van der Waals surface area (Å²) in [6.07, 6.45) is 4.81. The average molecular weight is 502 g/mol. The van der Waals surface area contributed by atoms with E-state index in [9.17, 15) is 4.79 Å². The van der Waals surface area contributed by atoms with Crippen molar-refractivity contribution in [3.05, 3.63) is 84.1 Å². The summed E-state index contributed by atoms with van der Waals surface area (Å²) in [5, 5.41) is 5.67. The second-order valence-corrected chi connectivity index (χ2v) is 9.55. The van der Waals surface area contributed by atoms with Crippen LogP contribution in [0.1, 0.15) is 35.7 Å². The van der Waals surface area contributed by atoms with Gasteiger partial charge in [-0.1, -0.05) is 40.2 Å². The third-order valence-corrected chi connectivity index (χ3v) is 6.98. The van der Waals surface area contributed by atoms with Gasteiger partial charge in [0.05, 0.1) is 11.4 Å². The highest BCUT2D eigenvalue weighted by Crippen LogP contribution is 2.33. The fraction of sp³-hybridized carbons (Fsp3) is 0.250. The van der Waals surface area contributed by atoms with E-state index < -0.39 is 0 Å². The first-order chi connectivity index (χ1) is 16.1. The van der Waals surface area contributed by atoms with E-state index in [0.717, 1.165) is 47.0 Å². The predicted molar refractivity (Wildman–Crippen MR) is 142 cm³/mol. The van der Waals surface area contributed by atoms with Gasteiger partial charge in [0.25, 0.3) is 5.91 Å². The summed E-state index contributed by atoms with van der Waals surface area (Å²) in [5.74, 6) is 0.0612. The number of benzene rings is 3. The Labute approximate surface area is 203 Å². The van der Waals surface area contributed by atoms with Crippen LogP contribution in [0.5, 0.6) is 0 Å². The molecule has 1 atom stereocenters. The van der Waals surface area contributed by atoms with Gasteiger partial charge in [-0.3, -0.25) is 4.79 Å². The Hall–Kier alpha value is -3.05. The van der Waals surface area contributed by atoms with Gasteiger partial charge in [-0.25, -0.2) is 0 Å². The number of nitrogens with zero attached hydrogens (tertiary/aromatic N) is 1. The van der Waals surface area contributed by atoms with Crippen LogP contribution in [0.3, 0.4) is 0 Å². The highest BCUT2D eigenvalue weighted by molar-refractivity contribution is 9.09. The first-order valence-corrected chi connectivity index (χ1v) is 12.7. The quantitative estimate of drug-likeness (QED) is 0.288. The number of hydrogen-bond acceptors (Lipinski definition) is 2. The molecule has 1 unspecified atom stereocenters. The molecule has 0 fully saturated rings. The minimum absolute atomic E-state index is 0.0612. The highest BCUT2D eigenvalue weighted by Gasteiger charge is 2.25. The van der Waals surface area contributed by atoms with Crippen molar-refractivity contribution in [3.63, 3.8) is 0 Å². The zero-order valence-corrected chi connectivity index (χ0v) is 20.4. The Bertz CT molecular complexity index is 1300. The van der Waals surface area contributed by atoms with Crippen molar-refractivity contribution in [1.29, 1.82) is 0 Å². The molecule has 0 saturated heterocycles. The topological polar surface area (TPSA) is 48.1 Å². The fourth-order valence-electron chi connectivity index (χ4n) is 4.67. The molecule has 4 nitrogen and oxygen atoms in total. The molecule has 2 N–H and O–H groups in total. The summed E-state index contributed by atoms with van der Waals surface area (Å²) in [7, 11) is 0. The number of anilines is 2. The summed E-state index contributed by atoms with van der Waals surface area (Å²) in [5.41, 5.74) is 7.45. The Kier molecular flexibility index (Phi) is 6.23. The molecule has 5 heteroatoms. The number of rotatable bonds is 5. The van der Waals surface area contributed by atoms with Gasteiger partial charge in [-0.05, 0) is 90.7 Å². The molecule has 0 radical (unpaired) electrons. The molecule has 0 saturated carbocycles. The van der Waals surface area contributed by atoms with Crippen molar-refractivity contribution in [3.8, 4) is 11.1 Å². The molecule has 0 spiro atoms. The summed E-state index contributed by atoms with van der Waals surface area (Å²) >= 11 is 3.57. The molecule has 0 aliphatic carbocycles. The SMILES string of the molecule is CC1CCN(C(=O)c2ccc(-c3ccc4[nH]ccc4c3)c(CCCBr)c2)c2ccccc2N1. The highest BCUT2D eigenvalue weighted by atomic mass is 79.9.